The largest absolute Gasteiger partial charge is 0.480 e. The molecular weight excluding hydrogens is 342 g/mol. The monoisotopic (exact) mass is 367 g/mol. The number of aryl methyl sites for hydroxylation is 2. The number of nitrogens with one attached hydrogen (secondary N) is 1. The predicted octanol–water partition coefficient (Wildman–Crippen LogP) is 2.38. The molecule has 7 heteroatoms. The van der Waals surface area contributed by atoms with Crippen LogP contribution in [0, 0.1) is 13.8 Å². The molecule has 25 heavy (non-hydrogen) atoms. The first-order valence-corrected chi connectivity index (χ1v) is 8.85. The van der Waals surface area contributed by atoms with Crippen LogP contribution in [0.1, 0.15) is 24.0 Å². The maximum atomic E-state index is 12.3. The number of likely N-dealkylation sites (tertiary alicyclic amines) is 1. The van der Waals surface area contributed by atoms with Crippen molar-refractivity contribution in [1.29, 1.82) is 0 Å². The number of likely N-dealkylation sites (N-methyl/N-ethyl adjacent to an activating group) is 1. The van der Waals surface area contributed by atoms with Crippen LogP contribution in [0.2, 0.25) is 5.02 Å². The number of hydrogen-bond acceptors (Lipinski definition) is 4. The normalized spacial score (nSPS) is 16.2. The van der Waals surface area contributed by atoms with E-state index in [9.17, 15) is 9.59 Å². The Morgan fingerprint density at radius 1 is 1.32 bits per heavy atom. The number of rotatable bonds is 6. The van der Waals surface area contributed by atoms with E-state index in [1.807, 2.05) is 37.9 Å². The van der Waals surface area contributed by atoms with Crippen LogP contribution in [0.5, 0.6) is 0 Å². The van der Waals surface area contributed by atoms with E-state index in [0.29, 0.717) is 17.3 Å². The molecule has 1 aliphatic heterocycles. The summed E-state index contributed by atoms with van der Waals surface area (Å²) in [5.41, 5.74) is 2.69. The first-order chi connectivity index (χ1) is 11.8. The van der Waals surface area contributed by atoms with Crippen molar-refractivity contribution in [3.63, 3.8) is 0 Å². The maximum Gasteiger partial charge on any atom is 0.317 e. The van der Waals surface area contributed by atoms with Crippen LogP contribution in [0.25, 0.3) is 0 Å². The lowest BCUT2D eigenvalue weighted by atomic mass is 10.0. The van der Waals surface area contributed by atoms with Crippen molar-refractivity contribution in [2.75, 3.05) is 38.5 Å². The molecule has 0 radical (unpaired) electrons. The predicted molar refractivity (Wildman–Crippen MR) is 99.3 cm³/mol. The quantitative estimate of drug-likeness (QED) is 0.807. The van der Waals surface area contributed by atoms with Crippen LogP contribution >= 0.6 is 11.6 Å². The lowest BCUT2D eigenvalue weighted by Crippen LogP contribution is -2.46. The number of carbonyl (C=O) groups is 2. The number of aliphatic carboxylic acids is 1. The second-order valence-corrected chi connectivity index (χ2v) is 7.21. The van der Waals surface area contributed by atoms with Crippen molar-refractivity contribution >= 4 is 29.2 Å². The molecule has 6 nitrogen and oxygen atoms in total. The molecular formula is C18H26ClN3O3. The Morgan fingerprint density at radius 2 is 1.96 bits per heavy atom. The zero-order valence-electron chi connectivity index (χ0n) is 15.0. The molecule has 1 saturated heterocycles. The highest BCUT2D eigenvalue weighted by Crippen LogP contribution is 2.27. The smallest absolute Gasteiger partial charge is 0.317 e. The molecule has 0 spiro atoms. The molecule has 1 heterocycles. The van der Waals surface area contributed by atoms with Gasteiger partial charge in [0, 0.05) is 19.1 Å². The summed E-state index contributed by atoms with van der Waals surface area (Å²) in [5.74, 6) is -0.888. The van der Waals surface area contributed by atoms with Gasteiger partial charge in [-0.1, -0.05) is 17.7 Å². The molecule has 1 amide bonds. The number of hydrogen-bond donors (Lipinski definition) is 2. The number of amides is 1. The van der Waals surface area contributed by atoms with E-state index in [1.165, 1.54) is 0 Å². The average Bonchev–Trinajstić information content (AvgIpc) is 2.51. The molecule has 2 rings (SSSR count). The fraction of sp³-hybridized carbons (Fsp3) is 0.556. The van der Waals surface area contributed by atoms with Crippen molar-refractivity contribution in [2.45, 2.75) is 32.7 Å². The molecule has 0 bridgehead atoms. The van der Waals surface area contributed by atoms with Crippen molar-refractivity contribution in [2.24, 2.45) is 0 Å². The summed E-state index contributed by atoms with van der Waals surface area (Å²) < 4.78 is 0. The molecule has 1 fully saturated rings. The molecule has 0 unspecified atom stereocenters. The number of benzene rings is 1. The lowest BCUT2D eigenvalue weighted by molar-refractivity contribution is -0.138. The van der Waals surface area contributed by atoms with Gasteiger partial charge in [0.25, 0.3) is 0 Å². The van der Waals surface area contributed by atoms with Gasteiger partial charge in [-0.15, -0.1) is 0 Å². The molecule has 1 aliphatic rings. The summed E-state index contributed by atoms with van der Waals surface area (Å²) in [6, 6.07) is 4.09. The first kappa shape index (κ1) is 19.7. The minimum Gasteiger partial charge on any atom is -0.480 e. The number of anilines is 1. The number of piperidine rings is 1. The van der Waals surface area contributed by atoms with Gasteiger partial charge in [0.2, 0.25) is 5.91 Å². The summed E-state index contributed by atoms with van der Waals surface area (Å²) in [4.78, 5) is 27.1. The Bertz CT molecular complexity index is 619. The minimum atomic E-state index is -0.811. The second-order valence-electron chi connectivity index (χ2n) is 6.80. The molecule has 138 valence electrons. The van der Waals surface area contributed by atoms with Crippen LogP contribution in [-0.4, -0.2) is 66.1 Å². The van der Waals surface area contributed by atoms with E-state index in [0.717, 1.165) is 37.1 Å². The second kappa shape index (κ2) is 8.65. The minimum absolute atomic E-state index is 0.0519. The van der Waals surface area contributed by atoms with Crippen molar-refractivity contribution in [3.8, 4) is 0 Å². The third-order valence-corrected chi connectivity index (χ3v) is 4.93. The van der Waals surface area contributed by atoms with Crippen LogP contribution in [-0.2, 0) is 9.59 Å². The molecule has 1 aromatic carbocycles. The van der Waals surface area contributed by atoms with Crippen LogP contribution in [0.15, 0.2) is 12.1 Å². The highest BCUT2D eigenvalue weighted by Gasteiger charge is 2.24. The van der Waals surface area contributed by atoms with E-state index in [1.54, 1.807) is 0 Å². The molecule has 0 saturated carbocycles. The fourth-order valence-corrected chi connectivity index (χ4v) is 3.69. The van der Waals surface area contributed by atoms with Gasteiger partial charge in [0.15, 0.2) is 0 Å². The molecule has 0 aromatic heterocycles. The number of carboxylic acids is 1. The van der Waals surface area contributed by atoms with Gasteiger partial charge in [-0.25, -0.2) is 0 Å². The summed E-state index contributed by atoms with van der Waals surface area (Å²) >= 11 is 6.24. The highest BCUT2D eigenvalue weighted by atomic mass is 35.5. The van der Waals surface area contributed by atoms with Crippen LogP contribution in [0.4, 0.5) is 5.69 Å². The van der Waals surface area contributed by atoms with Gasteiger partial charge in [0.1, 0.15) is 0 Å². The topological polar surface area (TPSA) is 72.9 Å². The fourth-order valence-electron chi connectivity index (χ4n) is 3.32. The molecule has 1 aromatic rings. The third-order valence-electron chi connectivity index (χ3n) is 4.63. The van der Waals surface area contributed by atoms with Crippen LogP contribution < -0.4 is 5.32 Å². The van der Waals surface area contributed by atoms with E-state index in [4.69, 9.17) is 16.7 Å². The zero-order valence-corrected chi connectivity index (χ0v) is 15.8. The van der Waals surface area contributed by atoms with E-state index in [2.05, 4.69) is 10.2 Å². The Kier molecular flexibility index (Phi) is 6.81. The van der Waals surface area contributed by atoms with Gasteiger partial charge < -0.3 is 10.4 Å². The summed E-state index contributed by atoms with van der Waals surface area (Å²) in [6.45, 7) is 5.83. The SMILES string of the molecule is Cc1cc(C)c(NC(=O)CN2CCC(N(C)CC(=O)O)CC2)c(Cl)c1. The Morgan fingerprint density at radius 3 is 2.52 bits per heavy atom. The standard InChI is InChI=1S/C18H26ClN3O3/c1-12-8-13(2)18(15(19)9-12)20-16(23)10-22-6-4-14(5-7-22)21(3)11-17(24)25/h8-9,14H,4-7,10-11H2,1-3H3,(H,20,23)(H,24,25). The molecule has 0 atom stereocenters. The van der Waals surface area contributed by atoms with Crippen molar-refractivity contribution in [3.05, 3.63) is 28.3 Å². The third kappa shape index (κ3) is 5.70. The van der Waals surface area contributed by atoms with Crippen LogP contribution in [0.3, 0.4) is 0 Å². The Hall–Kier alpha value is -1.63. The van der Waals surface area contributed by atoms with E-state index < -0.39 is 5.97 Å². The summed E-state index contributed by atoms with van der Waals surface area (Å²) in [5, 5.41) is 12.3. The average molecular weight is 368 g/mol. The Balaban J connectivity index is 1.84. The molecule has 2 N–H and O–H groups in total. The van der Waals surface area contributed by atoms with Gasteiger partial charge in [0.05, 0.1) is 23.8 Å². The van der Waals surface area contributed by atoms with Crippen molar-refractivity contribution in [1.82, 2.24) is 9.80 Å². The molecule has 0 aliphatic carbocycles. The number of carbonyl (C=O) groups excluding carboxylic acids is 1. The maximum absolute atomic E-state index is 12.3. The first-order valence-electron chi connectivity index (χ1n) is 8.47. The highest BCUT2D eigenvalue weighted by molar-refractivity contribution is 6.34. The Labute approximate surface area is 153 Å². The van der Waals surface area contributed by atoms with Gasteiger partial charge >= 0.3 is 5.97 Å². The van der Waals surface area contributed by atoms with Gasteiger partial charge in [-0.2, -0.15) is 0 Å². The number of nitrogens with zero attached hydrogens (tertiary/aromatic N) is 2. The van der Waals surface area contributed by atoms with Crippen molar-refractivity contribution < 1.29 is 14.7 Å². The van der Waals surface area contributed by atoms with E-state index >= 15 is 0 Å². The van der Waals surface area contributed by atoms with E-state index in [-0.39, 0.29) is 18.5 Å². The summed E-state index contributed by atoms with van der Waals surface area (Å²) in [6.07, 6.45) is 1.72. The zero-order chi connectivity index (χ0) is 18.6. The number of halogens is 1. The van der Waals surface area contributed by atoms with Gasteiger partial charge in [-0.05, 0) is 50.9 Å². The number of carboxylic acid groups (broad SMARTS) is 1. The summed E-state index contributed by atoms with van der Waals surface area (Å²) in [7, 11) is 1.84. The van der Waals surface area contributed by atoms with Gasteiger partial charge in [-0.3, -0.25) is 19.4 Å². The lowest BCUT2D eigenvalue weighted by Gasteiger charge is -2.35.